The van der Waals surface area contributed by atoms with Gasteiger partial charge in [0.2, 0.25) is 5.91 Å². The first-order chi connectivity index (χ1) is 8.95. The Kier molecular flexibility index (Phi) is 2.71. The third-order valence-electron chi connectivity index (χ3n) is 5.03. The molecule has 1 saturated heterocycles. The molecule has 1 amide bonds. The van der Waals surface area contributed by atoms with Crippen LogP contribution in [0.5, 0.6) is 0 Å². The van der Waals surface area contributed by atoms with Gasteiger partial charge in [0.05, 0.1) is 6.20 Å². The molecule has 5 heteroatoms. The number of nitrogens with one attached hydrogen (secondary N) is 1. The molecule has 1 N–H and O–H groups in total. The summed E-state index contributed by atoms with van der Waals surface area (Å²) in [5.41, 5.74) is 1.38. The van der Waals surface area contributed by atoms with Crippen molar-refractivity contribution in [3.8, 4) is 0 Å². The molecule has 3 rings (SSSR count). The fraction of sp³-hybridized carbons (Fsp3) is 0.714. The molecular formula is C14H22N4O. The summed E-state index contributed by atoms with van der Waals surface area (Å²) in [4.78, 5) is 14.6. The number of hydrogen-bond donors (Lipinski definition) is 1. The van der Waals surface area contributed by atoms with Crippen LogP contribution in [-0.4, -0.2) is 40.7 Å². The van der Waals surface area contributed by atoms with E-state index in [4.69, 9.17) is 0 Å². The standard InChI is InChI=1S/C14H22N4O/c1-14(2)10-7-18(8-11(10)14)13(19)12(15-3)9-5-16-17(4)6-9/h5-6,10-12,15H,7-8H2,1-4H3. The number of nitrogens with zero attached hydrogens (tertiary/aromatic N) is 3. The summed E-state index contributed by atoms with van der Waals surface area (Å²) in [7, 11) is 3.70. The van der Waals surface area contributed by atoms with Gasteiger partial charge in [-0.1, -0.05) is 13.8 Å². The Morgan fingerprint density at radius 3 is 2.58 bits per heavy atom. The van der Waals surface area contributed by atoms with Gasteiger partial charge >= 0.3 is 0 Å². The molecule has 1 aromatic rings. The van der Waals surface area contributed by atoms with Crippen LogP contribution < -0.4 is 5.32 Å². The van der Waals surface area contributed by atoms with E-state index in [0.717, 1.165) is 18.7 Å². The fourth-order valence-electron chi connectivity index (χ4n) is 3.52. The van der Waals surface area contributed by atoms with Crippen molar-refractivity contribution < 1.29 is 4.79 Å². The second-order valence-corrected chi connectivity index (χ2v) is 6.45. The Morgan fingerprint density at radius 1 is 1.47 bits per heavy atom. The highest BCUT2D eigenvalue weighted by Crippen LogP contribution is 2.62. The lowest BCUT2D eigenvalue weighted by Gasteiger charge is -2.26. The molecule has 2 aliphatic rings. The first-order valence-electron chi connectivity index (χ1n) is 6.89. The van der Waals surface area contributed by atoms with E-state index >= 15 is 0 Å². The Labute approximate surface area is 114 Å². The molecule has 0 spiro atoms. The lowest BCUT2D eigenvalue weighted by Crippen LogP contribution is -2.40. The van der Waals surface area contributed by atoms with Gasteiger partial charge in [-0.3, -0.25) is 9.48 Å². The first-order valence-corrected chi connectivity index (χ1v) is 6.89. The Hall–Kier alpha value is -1.36. The van der Waals surface area contributed by atoms with Crippen molar-refractivity contribution in [2.45, 2.75) is 19.9 Å². The number of hydrogen-bond acceptors (Lipinski definition) is 3. The van der Waals surface area contributed by atoms with Crippen LogP contribution in [0.2, 0.25) is 0 Å². The summed E-state index contributed by atoms with van der Waals surface area (Å²) in [6.45, 7) is 6.44. The van der Waals surface area contributed by atoms with Crippen LogP contribution in [0.25, 0.3) is 0 Å². The summed E-state index contributed by atoms with van der Waals surface area (Å²) in [5.74, 6) is 1.57. The Morgan fingerprint density at radius 2 is 2.11 bits per heavy atom. The summed E-state index contributed by atoms with van der Waals surface area (Å²) in [6, 6.07) is -0.269. The maximum absolute atomic E-state index is 12.6. The van der Waals surface area contributed by atoms with E-state index in [0.29, 0.717) is 17.3 Å². The number of likely N-dealkylation sites (tertiary alicyclic amines) is 1. The van der Waals surface area contributed by atoms with Crippen molar-refractivity contribution in [2.75, 3.05) is 20.1 Å². The topological polar surface area (TPSA) is 50.2 Å². The molecule has 1 aliphatic carbocycles. The zero-order chi connectivity index (χ0) is 13.8. The molecule has 0 aromatic carbocycles. The van der Waals surface area contributed by atoms with Crippen molar-refractivity contribution in [3.63, 3.8) is 0 Å². The molecule has 3 unspecified atom stereocenters. The van der Waals surface area contributed by atoms with E-state index in [-0.39, 0.29) is 11.9 Å². The first kappa shape index (κ1) is 12.7. The Bertz CT molecular complexity index is 493. The average Bonchev–Trinajstić information content (AvgIpc) is 2.83. The van der Waals surface area contributed by atoms with E-state index < -0.39 is 0 Å². The lowest BCUT2D eigenvalue weighted by atomic mass is 10.0. The third kappa shape index (κ3) is 1.87. The Balaban J connectivity index is 1.70. The van der Waals surface area contributed by atoms with Crippen molar-refractivity contribution in [2.24, 2.45) is 24.3 Å². The molecule has 0 bridgehead atoms. The molecule has 3 atom stereocenters. The number of aromatic nitrogens is 2. The number of aryl methyl sites for hydroxylation is 1. The van der Waals surface area contributed by atoms with Crippen LogP contribution in [-0.2, 0) is 11.8 Å². The fourth-order valence-corrected chi connectivity index (χ4v) is 3.52. The van der Waals surface area contributed by atoms with Crippen LogP contribution in [0.4, 0.5) is 0 Å². The molecule has 19 heavy (non-hydrogen) atoms. The number of carbonyl (C=O) groups is 1. The van der Waals surface area contributed by atoms with Crippen molar-refractivity contribution in [1.82, 2.24) is 20.0 Å². The van der Waals surface area contributed by atoms with Crippen LogP contribution in [0, 0.1) is 17.3 Å². The highest BCUT2D eigenvalue weighted by atomic mass is 16.2. The highest BCUT2D eigenvalue weighted by molar-refractivity contribution is 5.83. The molecular weight excluding hydrogens is 240 g/mol. The molecule has 0 radical (unpaired) electrons. The van der Waals surface area contributed by atoms with Crippen LogP contribution in [0.1, 0.15) is 25.5 Å². The van der Waals surface area contributed by atoms with Gasteiger partial charge in [0, 0.05) is 31.9 Å². The van der Waals surface area contributed by atoms with Gasteiger partial charge in [0.15, 0.2) is 0 Å². The minimum absolute atomic E-state index is 0.179. The van der Waals surface area contributed by atoms with E-state index in [9.17, 15) is 4.79 Å². The van der Waals surface area contributed by atoms with Crippen LogP contribution in [0.15, 0.2) is 12.4 Å². The third-order valence-corrected chi connectivity index (χ3v) is 5.03. The summed E-state index contributed by atoms with van der Waals surface area (Å²) >= 11 is 0. The van der Waals surface area contributed by atoms with Gasteiger partial charge in [0.25, 0.3) is 0 Å². The minimum atomic E-state index is -0.269. The van der Waals surface area contributed by atoms with Gasteiger partial charge < -0.3 is 10.2 Å². The van der Waals surface area contributed by atoms with Crippen molar-refractivity contribution in [1.29, 1.82) is 0 Å². The van der Waals surface area contributed by atoms with E-state index in [1.165, 1.54) is 0 Å². The van der Waals surface area contributed by atoms with Gasteiger partial charge in [0.1, 0.15) is 6.04 Å². The largest absolute Gasteiger partial charge is 0.340 e. The molecule has 2 fully saturated rings. The lowest BCUT2D eigenvalue weighted by molar-refractivity contribution is -0.133. The minimum Gasteiger partial charge on any atom is -0.340 e. The highest BCUT2D eigenvalue weighted by Gasteiger charge is 2.62. The average molecular weight is 262 g/mol. The van der Waals surface area contributed by atoms with Crippen molar-refractivity contribution in [3.05, 3.63) is 18.0 Å². The molecule has 5 nitrogen and oxygen atoms in total. The van der Waals surface area contributed by atoms with Gasteiger partial charge in [-0.15, -0.1) is 0 Å². The van der Waals surface area contributed by atoms with Gasteiger partial charge in [-0.2, -0.15) is 5.10 Å². The molecule has 1 aliphatic heterocycles. The number of carbonyl (C=O) groups excluding carboxylic acids is 1. The van der Waals surface area contributed by atoms with Gasteiger partial charge in [-0.25, -0.2) is 0 Å². The monoisotopic (exact) mass is 262 g/mol. The number of rotatable bonds is 3. The number of amides is 1. The second kappa shape index (κ2) is 4.07. The molecule has 1 saturated carbocycles. The number of piperidine rings is 1. The normalized spacial score (nSPS) is 29.2. The van der Waals surface area contributed by atoms with Gasteiger partial charge in [-0.05, 0) is 24.3 Å². The molecule has 1 aromatic heterocycles. The molecule has 2 heterocycles. The second-order valence-electron chi connectivity index (χ2n) is 6.45. The zero-order valence-electron chi connectivity index (χ0n) is 12.1. The SMILES string of the molecule is CNC(C(=O)N1CC2C(C1)C2(C)C)c1cnn(C)c1. The quantitative estimate of drug-likeness (QED) is 0.876. The predicted molar refractivity (Wildman–Crippen MR) is 72.3 cm³/mol. The van der Waals surface area contributed by atoms with E-state index in [1.807, 2.05) is 25.2 Å². The molecule has 104 valence electrons. The maximum atomic E-state index is 12.6. The van der Waals surface area contributed by atoms with E-state index in [1.54, 1.807) is 10.9 Å². The number of likely N-dealkylation sites (N-methyl/N-ethyl adjacent to an activating group) is 1. The predicted octanol–water partition coefficient (Wildman–Crippen LogP) is 0.795. The maximum Gasteiger partial charge on any atom is 0.244 e. The summed E-state index contributed by atoms with van der Waals surface area (Å²) in [5, 5.41) is 7.26. The summed E-state index contributed by atoms with van der Waals surface area (Å²) < 4.78 is 1.73. The van der Waals surface area contributed by atoms with Crippen LogP contribution in [0.3, 0.4) is 0 Å². The summed E-state index contributed by atoms with van der Waals surface area (Å²) in [6.07, 6.45) is 3.67. The van der Waals surface area contributed by atoms with Crippen molar-refractivity contribution >= 4 is 5.91 Å². The van der Waals surface area contributed by atoms with Crippen LogP contribution >= 0.6 is 0 Å². The number of fused-ring (bicyclic) bond motifs is 1. The van der Waals surface area contributed by atoms with E-state index in [2.05, 4.69) is 24.3 Å². The smallest absolute Gasteiger partial charge is 0.244 e. The zero-order valence-corrected chi connectivity index (χ0v) is 12.1.